The molecule has 1 N–H and O–H groups in total. The number of carboxylic acid groups (broad SMARTS) is 1. The summed E-state index contributed by atoms with van der Waals surface area (Å²) >= 11 is 0. The molecule has 0 aliphatic rings. The van der Waals surface area contributed by atoms with E-state index in [1.807, 2.05) is 60.2 Å². The first-order chi connectivity index (χ1) is 13.0. The highest BCUT2D eigenvalue weighted by Gasteiger charge is 2.15. The number of aromatic nitrogens is 1. The number of benzene rings is 1. The van der Waals surface area contributed by atoms with Gasteiger partial charge in [0, 0.05) is 12.7 Å². The van der Waals surface area contributed by atoms with Crippen molar-refractivity contribution in [2.75, 3.05) is 0 Å². The van der Waals surface area contributed by atoms with Crippen LogP contribution in [0.2, 0.25) is 0 Å². The molecule has 0 aliphatic carbocycles. The summed E-state index contributed by atoms with van der Waals surface area (Å²) in [5.41, 5.74) is 2.58. The summed E-state index contributed by atoms with van der Waals surface area (Å²) in [5, 5.41) is 9.22. The van der Waals surface area contributed by atoms with E-state index < -0.39 is 5.97 Å². The van der Waals surface area contributed by atoms with Gasteiger partial charge in [0.25, 0.3) is 0 Å². The van der Waals surface area contributed by atoms with Gasteiger partial charge >= 0.3 is 5.97 Å². The number of carboxylic acids is 1. The number of aliphatic carboxylic acids is 1. The molecule has 1 aromatic heterocycles. The average Bonchev–Trinajstić information content (AvgIpc) is 3.13. The summed E-state index contributed by atoms with van der Waals surface area (Å²) in [5.74, 6) is 1.05. The van der Waals surface area contributed by atoms with Gasteiger partial charge in [0.2, 0.25) is 5.78 Å². The third-order valence-corrected chi connectivity index (χ3v) is 4.30. The van der Waals surface area contributed by atoms with Crippen molar-refractivity contribution in [1.29, 1.82) is 0 Å². The third-order valence-electron chi connectivity index (χ3n) is 4.30. The van der Waals surface area contributed by atoms with E-state index in [2.05, 4.69) is 5.92 Å². The molecule has 0 bridgehead atoms. The third kappa shape index (κ3) is 5.86. The Kier molecular flexibility index (Phi) is 7.39. The fraction of sp³-hybridized carbons (Fsp3) is 0.217. The molecule has 1 unspecified atom stereocenters. The van der Waals surface area contributed by atoms with Gasteiger partial charge < -0.3 is 9.67 Å². The Hall–Kier alpha value is -3.32. The lowest BCUT2D eigenvalue weighted by Crippen LogP contribution is -2.15. The number of allylic oxidation sites excluding steroid dienone is 3. The molecule has 1 heterocycles. The quantitative estimate of drug-likeness (QED) is 0.413. The van der Waals surface area contributed by atoms with Crippen molar-refractivity contribution in [3.63, 3.8) is 0 Å². The van der Waals surface area contributed by atoms with Crippen molar-refractivity contribution in [2.45, 2.75) is 26.3 Å². The molecular formula is C23H23NO3. The van der Waals surface area contributed by atoms with E-state index in [1.54, 1.807) is 6.07 Å². The first-order valence-corrected chi connectivity index (χ1v) is 8.85. The Morgan fingerprint density at radius 1 is 1.30 bits per heavy atom. The summed E-state index contributed by atoms with van der Waals surface area (Å²) in [6.45, 7) is 2.44. The van der Waals surface area contributed by atoms with E-state index in [-0.39, 0.29) is 11.7 Å². The molecule has 0 fully saturated rings. The number of hydrogen-bond donors (Lipinski definition) is 1. The summed E-state index contributed by atoms with van der Waals surface area (Å²) < 4.78 is 1.85. The van der Waals surface area contributed by atoms with Crippen LogP contribution in [0.3, 0.4) is 0 Å². The Morgan fingerprint density at radius 3 is 2.81 bits per heavy atom. The largest absolute Gasteiger partial charge is 0.481 e. The zero-order chi connectivity index (χ0) is 19.6. The molecule has 4 nitrogen and oxygen atoms in total. The number of carbonyl (C=O) groups excluding carboxylic acids is 1. The van der Waals surface area contributed by atoms with E-state index in [9.17, 15) is 14.7 Å². The molecule has 0 radical (unpaired) electrons. The van der Waals surface area contributed by atoms with Crippen LogP contribution in [0.1, 0.15) is 35.0 Å². The highest BCUT2D eigenvalue weighted by molar-refractivity contribution is 6.03. The maximum absolute atomic E-state index is 12.1. The van der Waals surface area contributed by atoms with Crippen LogP contribution < -0.4 is 0 Å². The van der Waals surface area contributed by atoms with E-state index >= 15 is 0 Å². The lowest BCUT2D eigenvalue weighted by atomic mass is 9.96. The van der Waals surface area contributed by atoms with Gasteiger partial charge in [0.15, 0.2) is 0 Å². The molecule has 0 saturated carbocycles. The Labute approximate surface area is 159 Å². The molecule has 2 rings (SSSR count). The molecule has 2 aromatic rings. The first kappa shape index (κ1) is 20.0. The molecule has 1 atom stereocenters. The highest BCUT2D eigenvalue weighted by Crippen LogP contribution is 2.15. The second-order valence-corrected chi connectivity index (χ2v) is 6.20. The van der Waals surface area contributed by atoms with Gasteiger partial charge in [-0.25, -0.2) is 0 Å². The Morgan fingerprint density at radius 2 is 2.11 bits per heavy atom. The minimum absolute atomic E-state index is 0.132. The summed E-state index contributed by atoms with van der Waals surface area (Å²) in [6.07, 6.45) is 14.8. The standard InChI is InChI=1S/C23H23NO3/c1-3-5-13-22(25)21-12-8-15-24(21)14-7-11-18-9-6-10-19(16-18)17-20(4-2)23(26)27/h1,5-13,15-16,20H,4,14,17H2,2H3,(H,26,27)/b11-7+,13-5+. The van der Waals surface area contributed by atoms with E-state index in [0.29, 0.717) is 25.1 Å². The molecule has 0 amide bonds. The fourth-order valence-corrected chi connectivity index (χ4v) is 2.82. The van der Waals surface area contributed by atoms with Gasteiger partial charge in [0.05, 0.1) is 11.6 Å². The van der Waals surface area contributed by atoms with Crippen LogP contribution in [0, 0.1) is 18.3 Å². The zero-order valence-electron chi connectivity index (χ0n) is 15.3. The van der Waals surface area contributed by atoms with E-state index in [0.717, 1.165) is 11.1 Å². The zero-order valence-corrected chi connectivity index (χ0v) is 15.3. The van der Waals surface area contributed by atoms with Crippen molar-refractivity contribution < 1.29 is 14.7 Å². The summed E-state index contributed by atoms with van der Waals surface area (Å²) in [7, 11) is 0. The molecule has 1 aromatic carbocycles. The predicted octanol–water partition coefficient (Wildman–Crippen LogP) is 4.23. The number of carbonyl (C=O) groups is 2. The number of nitrogens with zero attached hydrogens (tertiary/aromatic N) is 1. The van der Waals surface area contributed by atoms with Crippen LogP contribution in [0.25, 0.3) is 6.08 Å². The molecule has 0 aliphatic heterocycles. The first-order valence-electron chi connectivity index (χ1n) is 8.85. The minimum Gasteiger partial charge on any atom is -0.481 e. The maximum atomic E-state index is 12.1. The number of terminal acetylenes is 1. The summed E-state index contributed by atoms with van der Waals surface area (Å²) in [6, 6.07) is 11.4. The van der Waals surface area contributed by atoms with Crippen LogP contribution >= 0.6 is 0 Å². The van der Waals surface area contributed by atoms with Crippen molar-refractivity contribution in [3.8, 4) is 12.3 Å². The maximum Gasteiger partial charge on any atom is 0.306 e. The molecule has 0 spiro atoms. The Balaban J connectivity index is 2.06. The molecular weight excluding hydrogens is 338 g/mol. The van der Waals surface area contributed by atoms with Crippen molar-refractivity contribution >= 4 is 17.8 Å². The average molecular weight is 361 g/mol. The highest BCUT2D eigenvalue weighted by atomic mass is 16.4. The van der Waals surface area contributed by atoms with Crippen LogP contribution in [0.15, 0.2) is 60.8 Å². The topological polar surface area (TPSA) is 59.3 Å². The molecule has 0 saturated heterocycles. The number of ketones is 1. The van der Waals surface area contributed by atoms with Gasteiger partial charge in [-0.05, 0) is 48.3 Å². The monoisotopic (exact) mass is 361 g/mol. The van der Waals surface area contributed by atoms with Gasteiger partial charge in [-0.3, -0.25) is 9.59 Å². The molecule has 4 heteroatoms. The Bertz CT molecular complexity index is 896. The van der Waals surface area contributed by atoms with Crippen LogP contribution in [0.5, 0.6) is 0 Å². The second-order valence-electron chi connectivity index (χ2n) is 6.20. The van der Waals surface area contributed by atoms with Gasteiger partial charge in [-0.2, -0.15) is 0 Å². The second kappa shape index (κ2) is 9.98. The lowest BCUT2D eigenvalue weighted by molar-refractivity contribution is -0.141. The fourth-order valence-electron chi connectivity index (χ4n) is 2.82. The van der Waals surface area contributed by atoms with Gasteiger partial charge in [0.1, 0.15) is 0 Å². The van der Waals surface area contributed by atoms with Crippen molar-refractivity contribution in [3.05, 3.63) is 77.6 Å². The number of hydrogen-bond acceptors (Lipinski definition) is 2. The number of rotatable bonds is 9. The normalized spacial score (nSPS) is 12.3. The minimum atomic E-state index is -0.762. The SMILES string of the molecule is C#C/C=C/C(=O)c1cccn1C/C=C/c1cccc(CC(CC)C(=O)O)c1. The van der Waals surface area contributed by atoms with Gasteiger partial charge in [-0.15, -0.1) is 6.42 Å². The van der Waals surface area contributed by atoms with Crippen LogP contribution in [0.4, 0.5) is 0 Å². The van der Waals surface area contributed by atoms with Crippen molar-refractivity contribution in [1.82, 2.24) is 4.57 Å². The summed E-state index contributed by atoms with van der Waals surface area (Å²) in [4.78, 5) is 23.3. The predicted molar refractivity (Wildman–Crippen MR) is 107 cm³/mol. The van der Waals surface area contributed by atoms with Crippen molar-refractivity contribution in [2.24, 2.45) is 5.92 Å². The molecule has 27 heavy (non-hydrogen) atoms. The smallest absolute Gasteiger partial charge is 0.306 e. The lowest BCUT2D eigenvalue weighted by Gasteiger charge is -2.10. The molecule has 138 valence electrons. The van der Waals surface area contributed by atoms with E-state index in [4.69, 9.17) is 6.42 Å². The van der Waals surface area contributed by atoms with E-state index in [1.165, 1.54) is 12.2 Å². The van der Waals surface area contributed by atoms with Gasteiger partial charge in [-0.1, -0.05) is 49.3 Å². The van der Waals surface area contributed by atoms with Crippen LogP contribution in [-0.4, -0.2) is 21.4 Å². The van der Waals surface area contributed by atoms with Crippen LogP contribution in [-0.2, 0) is 17.8 Å².